The number of aromatic nitrogens is 4. The minimum Gasteiger partial charge on any atom is -0.285 e. The average molecular weight is 499 g/mol. The molecule has 0 aliphatic heterocycles. The van der Waals surface area contributed by atoms with E-state index in [9.17, 15) is 9.59 Å². The maximum Gasteiger partial charge on any atom is 0.275 e. The quantitative estimate of drug-likeness (QED) is 0.338. The van der Waals surface area contributed by atoms with Crippen LogP contribution in [0.2, 0.25) is 5.02 Å². The van der Waals surface area contributed by atoms with Crippen molar-refractivity contribution in [3.63, 3.8) is 0 Å². The predicted octanol–water partition coefficient (Wildman–Crippen LogP) is 5.12. The van der Waals surface area contributed by atoms with E-state index in [1.54, 1.807) is 15.4 Å². The Labute approximate surface area is 214 Å². The lowest BCUT2D eigenvalue weighted by atomic mass is 9.85. The molecular formula is C29H27ClN4O2. The minimum atomic E-state index is -0.647. The van der Waals surface area contributed by atoms with Gasteiger partial charge < -0.3 is 0 Å². The Bertz CT molecular complexity index is 1570. The Hall–Kier alpha value is -4.03. The minimum absolute atomic E-state index is 0.181. The van der Waals surface area contributed by atoms with Gasteiger partial charge in [-0.1, -0.05) is 66.2 Å². The van der Waals surface area contributed by atoms with E-state index < -0.39 is 5.92 Å². The second-order valence-corrected chi connectivity index (χ2v) is 9.31. The summed E-state index contributed by atoms with van der Waals surface area (Å²) in [5.74, 6) is -0.647. The van der Waals surface area contributed by atoms with Crippen LogP contribution in [-0.2, 0) is 14.1 Å². The first-order valence-corrected chi connectivity index (χ1v) is 12.1. The summed E-state index contributed by atoms with van der Waals surface area (Å²) in [6.45, 7) is 3.82. The molecule has 0 bridgehead atoms. The fourth-order valence-corrected chi connectivity index (χ4v) is 5.25. The van der Waals surface area contributed by atoms with E-state index in [0.29, 0.717) is 16.1 Å². The van der Waals surface area contributed by atoms with E-state index >= 15 is 0 Å². The van der Waals surface area contributed by atoms with Crippen molar-refractivity contribution in [3.8, 4) is 11.4 Å². The number of nitrogens with zero attached hydrogens (tertiary/aromatic N) is 4. The molecule has 0 aliphatic carbocycles. The summed E-state index contributed by atoms with van der Waals surface area (Å²) in [4.78, 5) is 28.2. The molecule has 6 nitrogen and oxygen atoms in total. The number of benzene rings is 3. The Morgan fingerprint density at radius 1 is 0.611 bits per heavy atom. The van der Waals surface area contributed by atoms with Crippen LogP contribution >= 0.6 is 11.6 Å². The molecule has 0 unspecified atom stereocenters. The average Bonchev–Trinajstić information content (AvgIpc) is 3.24. The van der Waals surface area contributed by atoms with E-state index in [2.05, 4.69) is 0 Å². The molecule has 2 heterocycles. The molecule has 0 saturated heterocycles. The maximum atomic E-state index is 14.1. The van der Waals surface area contributed by atoms with Crippen molar-refractivity contribution < 1.29 is 0 Å². The van der Waals surface area contributed by atoms with Gasteiger partial charge in [0, 0.05) is 30.5 Å². The van der Waals surface area contributed by atoms with Gasteiger partial charge in [-0.2, -0.15) is 0 Å². The number of hydrogen-bond donors (Lipinski definition) is 0. The normalized spacial score (nSPS) is 11.4. The summed E-state index contributed by atoms with van der Waals surface area (Å²) in [7, 11) is 3.72. The number of rotatable bonds is 5. The molecule has 0 N–H and O–H groups in total. The van der Waals surface area contributed by atoms with Gasteiger partial charge in [0.25, 0.3) is 11.1 Å². The first kappa shape index (κ1) is 23.7. The van der Waals surface area contributed by atoms with E-state index in [-0.39, 0.29) is 11.1 Å². The number of hydrogen-bond acceptors (Lipinski definition) is 2. The third-order valence-electron chi connectivity index (χ3n) is 6.99. The van der Waals surface area contributed by atoms with Gasteiger partial charge in [0.2, 0.25) is 0 Å². The molecule has 5 rings (SSSR count). The molecule has 7 heteroatoms. The first-order chi connectivity index (χ1) is 17.3. The highest BCUT2D eigenvalue weighted by atomic mass is 35.5. The number of halogens is 1. The molecule has 0 spiro atoms. The molecule has 3 aromatic carbocycles. The van der Waals surface area contributed by atoms with Gasteiger partial charge >= 0.3 is 0 Å². The zero-order valence-electron chi connectivity index (χ0n) is 20.6. The summed E-state index contributed by atoms with van der Waals surface area (Å²) in [6, 6.07) is 26.4. The lowest BCUT2D eigenvalue weighted by Crippen LogP contribution is -2.26. The molecule has 0 atom stereocenters. The van der Waals surface area contributed by atoms with Crippen LogP contribution in [0.25, 0.3) is 11.4 Å². The lowest BCUT2D eigenvalue weighted by molar-refractivity contribution is 0.630. The first-order valence-electron chi connectivity index (χ1n) is 11.7. The van der Waals surface area contributed by atoms with Crippen molar-refractivity contribution in [2.45, 2.75) is 19.8 Å². The van der Waals surface area contributed by atoms with Gasteiger partial charge in [0.1, 0.15) is 0 Å². The predicted molar refractivity (Wildman–Crippen MR) is 144 cm³/mol. The van der Waals surface area contributed by atoms with Crippen molar-refractivity contribution in [1.82, 2.24) is 18.7 Å². The standard InChI is InChI=1S/C29H27ClN4O2/c1-19-25(28(35)33(31(19)3)21-13-7-5-8-14-21)27(23-17-11-12-18-24(23)30)26-20(2)32(4)34(29(26)36)22-15-9-6-10-16-22/h5-18,27H,1-4H3. The van der Waals surface area contributed by atoms with Crippen LogP contribution in [0.5, 0.6) is 0 Å². The van der Waals surface area contributed by atoms with Crippen LogP contribution in [0.15, 0.2) is 94.5 Å². The highest BCUT2D eigenvalue weighted by Gasteiger charge is 2.33. The third-order valence-corrected chi connectivity index (χ3v) is 7.34. The van der Waals surface area contributed by atoms with Crippen molar-refractivity contribution in [1.29, 1.82) is 0 Å². The van der Waals surface area contributed by atoms with Gasteiger partial charge in [0.05, 0.1) is 28.4 Å². The monoisotopic (exact) mass is 498 g/mol. The summed E-state index contributed by atoms with van der Waals surface area (Å²) in [5.41, 5.74) is 4.45. The summed E-state index contributed by atoms with van der Waals surface area (Å²) in [6.07, 6.45) is 0. The van der Waals surface area contributed by atoms with Crippen LogP contribution in [0.3, 0.4) is 0 Å². The number of para-hydroxylation sites is 2. The molecular weight excluding hydrogens is 472 g/mol. The van der Waals surface area contributed by atoms with Crippen molar-refractivity contribution in [2.24, 2.45) is 14.1 Å². The van der Waals surface area contributed by atoms with Gasteiger partial charge in [-0.25, -0.2) is 9.36 Å². The van der Waals surface area contributed by atoms with Gasteiger partial charge in [-0.05, 0) is 49.7 Å². The van der Waals surface area contributed by atoms with Crippen LogP contribution in [0.1, 0.15) is 34.0 Å². The van der Waals surface area contributed by atoms with E-state index in [4.69, 9.17) is 11.6 Å². The van der Waals surface area contributed by atoms with Crippen LogP contribution in [0.4, 0.5) is 0 Å². The van der Waals surface area contributed by atoms with Crippen molar-refractivity contribution in [3.05, 3.63) is 139 Å². The fraction of sp³-hybridized carbons (Fsp3) is 0.172. The van der Waals surface area contributed by atoms with Crippen LogP contribution < -0.4 is 11.1 Å². The largest absolute Gasteiger partial charge is 0.285 e. The molecule has 0 fully saturated rings. The summed E-state index contributed by atoms with van der Waals surface area (Å²) < 4.78 is 6.96. The highest BCUT2D eigenvalue weighted by molar-refractivity contribution is 6.31. The van der Waals surface area contributed by atoms with Crippen molar-refractivity contribution >= 4 is 11.6 Å². The Balaban J connectivity index is 1.86. The highest BCUT2D eigenvalue weighted by Crippen LogP contribution is 2.36. The molecule has 0 radical (unpaired) electrons. The van der Waals surface area contributed by atoms with E-state index in [1.807, 2.05) is 116 Å². The summed E-state index contributed by atoms with van der Waals surface area (Å²) >= 11 is 6.72. The van der Waals surface area contributed by atoms with Gasteiger partial charge in [-0.3, -0.25) is 19.0 Å². The zero-order valence-corrected chi connectivity index (χ0v) is 21.4. The second kappa shape index (κ2) is 9.21. The molecule has 5 aromatic rings. The lowest BCUT2D eigenvalue weighted by Gasteiger charge is -2.17. The SMILES string of the molecule is Cc1c(C(c2ccccc2Cl)c2c(C)n(C)n(-c3ccccc3)c2=O)c(=O)n(-c2ccccc2)n1C. The van der Waals surface area contributed by atoms with Gasteiger partial charge in [-0.15, -0.1) is 0 Å². The topological polar surface area (TPSA) is 53.9 Å². The fourth-order valence-electron chi connectivity index (χ4n) is 5.01. The smallest absolute Gasteiger partial charge is 0.275 e. The molecule has 182 valence electrons. The summed E-state index contributed by atoms with van der Waals surface area (Å²) in [5, 5.41) is 0.505. The van der Waals surface area contributed by atoms with Crippen molar-refractivity contribution in [2.75, 3.05) is 0 Å². The van der Waals surface area contributed by atoms with E-state index in [0.717, 1.165) is 28.3 Å². The van der Waals surface area contributed by atoms with Crippen LogP contribution in [-0.4, -0.2) is 18.7 Å². The second-order valence-electron chi connectivity index (χ2n) is 8.90. The maximum absolute atomic E-state index is 14.1. The molecule has 0 aliphatic rings. The Kier molecular flexibility index (Phi) is 6.06. The molecule has 0 saturated carbocycles. The van der Waals surface area contributed by atoms with Crippen LogP contribution in [0, 0.1) is 13.8 Å². The molecule has 0 amide bonds. The zero-order chi connectivity index (χ0) is 25.6. The Morgan fingerprint density at radius 3 is 1.42 bits per heavy atom. The Morgan fingerprint density at radius 2 is 1.00 bits per heavy atom. The molecule has 36 heavy (non-hydrogen) atoms. The van der Waals surface area contributed by atoms with Gasteiger partial charge in [0.15, 0.2) is 0 Å². The van der Waals surface area contributed by atoms with E-state index in [1.165, 1.54) is 0 Å². The third kappa shape index (κ3) is 3.65. The molecule has 2 aromatic heterocycles.